The van der Waals surface area contributed by atoms with Crippen LogP contribution in [-0.4, -0.2) is 39.5 Å². The van der Waals surface area contributed by atoms with Gasteiger partial charge in [-0.3, -0.25) is 24.2 Å². The number of nitrogens with zero attached hydrogens (tertiary/aromatic N) is 2. The zero-order chi connectivity index (χ0) is 22.9. The molecule has 33 heavy (non-hydrogen) atoms. The number of thiocarbonyl (C=S) groups is 1. The number of amides is 3. The van der Waals surface area contributed by atoms with Crippen molar-refractivity contribution in [2.45, 2.75) is 38.3 Å². The summed E-state index contributed by atoms with van der Waals surface area (Å²) in [6.45, 7) is 0.269. The Morgan fingerprint density at radius 2 is 1.70 bits per heavy atom. The van der Waals surface area contributed by atoms with Gasteiger partial charge in [0.25, 0.3) is 11.8 Å². The third-order valence-corrected chi connectivity index (χ3v) is 7.67. The summed E-state index contributed by atoms with van der Waals surface area (Å²) in [5, 5.41) is 2.87. The van der Waals surface area contributed by atoms with Gasteiger partial charge in [0, 0.05) is 18.2 Å². The number of hydrogen-bond acceptors (Lipinski definition) is 5. The third-order valence-electron chi connectivity index (χ3n) is 6.27. The lowest BCUT2D eigenvalue weighted by molar-refractivity contribution is -0.123. The molecule has 5 rings (SSSR count). The topological polar surface area (TPSA) is 69.7 Å². The van der Waals surface area contributed by atoms with E-state index in [-0.39, 0.29) is 30.3 Å². The Bertz CT molecular complexity index is 1170. The molecule has 3 amide bonds. The molecule has 0 spiro atoms. The molecular formula is C25H23N3O3S2. The van der Waals surface area contributed by atoms with Gasteiger partial charge in [-0.25, -0.2) is 0 Å². The Morgan fingerprint density at radius 3 is 2.45 bits per heavy atom. The number of fused-ring (bicyclic) bond motifs is 1. The quantitative estimate of drug-likeness (QED) is 0.523. The van der Waals surface area contributed by atoms with E-state index in [9.17, 15) is 14.4 Å². The lowest BCUT2D eigenvalue weighted by Gasteiger charge is -2.22. The molecule has 2 heterocycles. The van der Waals surface area contributed by atoms with E-state index in [1.165, 1.54) is 16.7 Å². The highest BCUT2D eigenvalue weighted by Crippen LogP contribution is 2.45. The third kappa shape index (κ3) is 4.09. The van der Waals surface area contributed by atoms with Crippen molar-refractivity contribution in [3.63, 3.8) is 0 Å². The van der Waals surface area contributed by atoms with Gasteiger partial charge < -0.3 is 5.32 Å². The summed E-state index contributed by atoms with van der Waals surface area (Å²) in [4.78, 5) is 43.0. The second kappa shape index (κ2) is 9.11. The molecule has 0 unspecified atom stereocenters. The fraction of sp³-hybridized carbons (Fsp3) is 0.280. The first kappa shape index (κ1) is 21.9. The van der Waals surface area contributed by atoms with Gasteiger partial charge in [-0.05, 0) is 24.5 Å². The van der Waals surface area contributed by atoms with Crippen LogP contribution in [0, 0.1) is 0 Å². The summed E-state index contributed by atoms with van der Waals surface area (Å²) in [5.74, 6) is -0.787. The van der Waals surface area contributed by atoms with Crippen LogP contribution in [0.15, 0.2) is 59.5 Å². The maximum atomic E-state index is 13.5. The zero-order valence-corrected chi connectivity index (χ0v) is 19.6. The largest absolute Gasteiger partial charge is 0.350 e. The van der Waals surface area contributed by atoms with E-state index in [4.69, 9.17) is 12.2 Å². The molecule has 1 N–H and O–H groups in total. The number of carbonyl (C=O) groups excluding carboxylic acids is 3. The van der Waals surface area contributed by atoms with Crippen LogP contribution >= 0.6 is 24.0 Å². The number of benzene rings is 2. The molecule has 6 nitrogen and oxygen atoms in total. The summed E-state index contributed by atoms with van der Waals surface area (Å²) in [7, 11) is 0. The highest BCUT2D eigenvalue weighted by atomic mass is 32.2. The van der Waals surface area contributed by atoms with Crippen LogP contribution in [0.2, 0.25) is 0 Å². The van der Waals surface area contributed by atoms with Crippen molar-refractivity contribution in [2.75, 3.05) is 11.4 Å². The summed E-state index contributed by atoms with van der Waals surface area (Å²) < 4.78 is 0.513. The predicted molar refractivity (Wildman–Crippen MR) is 133 cm³/mol. The van der Waals surface area contributed by atoms with E-state index < -0.39 is 0 Å². The second-order valence-corrected chi connectivity index (χ2v) is 10.0. The summed E-state index contributed by atoms with van der Waals surface area (Å²) in [5.41, 5.74) is 2.64. The number of thioether (sulfide) groups is 1. The van der Waals surface area contributed by atoms with Gasteiger partial charge in [-0.15, -0.1) is 0 Å². The second-order valence-electron chi connectivity index (χ2n) is 8.36. The summed E-state index contributed by atoms with van der Waals surface area (Å²) >= 11 is 6.73. The predicted octanol–water partition coefficient (Wildman–Crippen LogP) is 3.86. The molecule has 2 aliphatic heterocycles. The molecule has 0 radical (unpaired) electrons. The fourth-order valence-electron chi connectivity index (χ4n) is 4.66. The molecule has 168 valence electrons. The van der Waals surface area contributed by atoms with Crippen LogP contribution in [0.1, 0.15) is 36.8 Å². The maximum absolute atomic E-state index is 13.5. The maximum Gasteiger partial charge on any atom is 0.267 e. The Hall–Kier alpha value is -2.97. The minimum Gasteiger partial charge on any atom is -0.350 e. The van der Waals surface area contributed by atoms with Crippen molar-refractivity contribution in [2.24, 2.45) is 0 Å². The van der Waals surface area contributed by atoms with Crippen molar-refractivity contribution in [1.29, 1.82) is 0 Å². The molecular weight excluding hydrogens is 454 g/mol. The van der Waals surface area contributed by atoms with Gasteiger partial charge in [0.15, 0.2) is 0 Å². The van der Waals surface area contributed by atoms with E-state index in [0.29, 0.717) is 32.6 Å². The standard InChI is InChI=1S/C25H23N3O3S2/c29-20(26-14-16-8-2-1-3-9-16)15-27-19-13-7-6-12-18(19)21(23(27)30)22-24(31)28(25(32)33-22)17-10-4-5-11-17/h1-3,6-9,12-13,17H,4-5,10-11,14-15H2,(H,26,29)/b22-21-. The molecule has 0 atom stereocenters. The smallest absolute Gasteiger partial charge is 0.267 e. The van der Waals surface area contributed by atoms with Gasteiger partial charge in [-0.2, -0.15) is 0 Å². The van der Waals surface area contributed by atoms with Gasteiger partial charge in [0.1, 0.15) is 10.9 Å². The first-order chi connectivity index (χ1) is 16.0. The minimum atomic E-state index is -0.335. The fourth-order valence-corrected chi connectivity index (χ4v) is 6.13. The molecule has 2 aromatic carbocycles. The Balaban J connectivity index is 1.40. The molecule has 1 saturated carbocycles. The number of rotatable bonds is 5. The number of anilines is 1. The van der Waals surface area contributed by atoms with Crippen LogP contribution in [0.25, 0.3) is 5.57 Å². The lowest BCUT2D eigenvalue weighted by atomic mass is 10.1. The molecule has 3 aliphatic rings. The van der Waals surface area contributed by atoms with Crippen molar-refractivity contribution in [3.8, 4) is 0 Å². The average molecular weight is 478 g/mol. The molecule has 8 heteroatoms. The molecule has 2 fully saturated rings. The van der Waals surface area contributed by atoms with Gasteiger partial charge in [0.05, 0.1) is 16.2 Å². The zero-order valence-electron chi connectivity index (χ0n) is 18.0. The SMILES string of the molecule is O=C(CN1C(=O)/C(=C2\SC(=S)N(C3CCCC3)C2=O)c2ccccc21)NCc1ccccc1. The Kier molecular flexibility index (Phi) is 6.03. The van der Waals surface area contributed by atoms with Gasteiger partial charge in [0.2, 0.25) is 5.91 Å². The van der Waals surface area contributed by atoms with Crippen LogP contribution in [0.4, 0.5) is 5.69 Å². The van der Waals surface area contributed by atoms with Crippen LogP contribution < -0.4 is 10.2 Å². The average Bonchev–Trinajstić information content (AvgIpc) is 3.51. The van der Waals surface area contributed by atoms with Crippen molar-refractivity contribution < 1.29 is 14.4 Å². The van der Waals surface area contributed by atoms with E-state index in [2.05, 4.69) is 5.32 Å². The molecule has 2 aromatic rings. The van der Waals surface area contributed by atoms with Crippen molar-refractivity contribution >= 4 is 57.3 Å². The van der Waals surface area contributed by atoms with Crippen molar-refractivity contribution in [3.05, 3.63) is 70.6 Å². The number of hydrogen-bond donors (Lipinski definition) is 1. The molecule has 0 bridgehead atoms. The van der Waals surface area contributed by atoms with Crippen LogP contribution in [0.5, 0.6) is 0 Å². The summed E-state index contributed by atoms with van der Waals surface area (Å²) in [6.07, 6.45) is 4.04. The van der Waals surface area contributed by atoms with Gasteiger partial charge in [-0.1, -0.05) is 85.4 Å². The lowest BCUT2D eigenvalue weighted by Crippen LogP contribution is -2.39. The van der Waals surface area contributed by atoms with Crippen LogP contribution in [-0.2, 0) is 20.9 Å². The molecule has 0 aromatic heterocycles. The van der Waals surface area contributed by atoms with E-state index in [0.717, 1.165) is 31.2 Å². The number of nitrogens with one attached hydrogen (secondary N) is 1. The van der Waals surface area contributed by atoms with E-state index >= 15 is 0 Å². The van der Waals surface area contributed by atoms with Crippen LogP contribution in [0.3, 0.4) is 0 Å². The summed E-state index contributed by atoms with van der Waals surface area (Å²) in [6, 6.07) is 17.0. The van der Waals surface area contributed by atoms with Crippen molar-refractivity contribution in [1.82, 2.24) is 10.2 Å². The Labute approximate surface area is 202 Å². The monoisotopic (exact) mass is 477 g/mol. The van der Waals surface area contributed by atoms with Gasteiger partial charge >= 0.3 is 0 Å². The highest BCUT2D eigenvalue weighted by Gasteiger charge is 2.44. The highest BCUT2D eigenvalue weighted by molar-refractivity contribution is 8.26. The first-order valence-electron chi connectivity index (χ1n) is 11.1. The molecule has 1 aliphatic carbocycles. The Morgan fingerprint density at radius 1 is 1.00 bits per heavy atom. The minimum absolute atomic E-state index is 0.113. The normalized spacial score (nSPS) is 20.7. The first-order valence-corrected chi connectivity index (χ1v) is 12.3. The number of para-hydroxylation sites is 1. The number of carbonyl (C=O) groups is 3. The van der Waals surface area contributed by atoms with E-state index in [1.54, 1.807) is 4.90 Å². The van der Waals surface area contributed by atoms with E-state index in [1.807, 2.05) is 54.6 Å². The molecule has 1 saturated heterocycles.